The third-order valence-corrected chi connectivity index (χ3v) is 3.85. The second kappa shape index (κ2) is 7.17. The minimum Gasteiger partial charge on any atom is -0.347 e. The van der Waals surface area contributed by atoms with E-state index in [1.165, 1.54) is 0 Å². The fraction of sp³-hybridized carbons (Fsp3) is 0.400. The molecule has 1 aliphatic rings. The van der Waals surface area contributed by atoms with E-state index < -0.39 is 0 Å². The van der Waals surface area contributed by atoms with Gasteiger partial charge >= 0.3 is 0 Å². The van der Waals surface area contributed by atoms with Gasteiger partial charge in [0.2, 0.25) is 5.91 Å². The normalized spacial score (nSPS) is 15.3. The summed E-state index contributed by atoms with van der Waals surface area (Å²) in [5, 5.41) is 3.18. The Morgan fingerprint density at radius 3 is 2.33 bits per heavy atom. The highest BCUT2D eigenvalue weighted by molar-refractivity contribution is 7.80. The van der Waals surface area contributed by atoms with Crippen molar-refractivity contribution in [2.45, 2.75) is 13.3 Å². The molecule has 2 rings (SSSR count). The highest BCUT2D eigenvalue weighted by atomic mass is 32.1. The predicted molar refractivity (Wildman–Crippen MR) is 85.0 cm³/mol. The van der Waals surface area contributed by atoms with Crippen LogP contribution in [0.2, 0.25) is 0 Å². The van der Waals surface area contributed by atoms with Gasteiger partial charge in [0.15, 0.2) is 5.11 Å². The number of nitrogens with zero attached hydrogens (tertiary/aromatic N) is 2. The topological polar surface area (TPSA) is 52.7 Å². The Morgan fingerprint density at radius 1 is 1.05 bits per heavy atom. The van der Waals surface area contributed by atoms with Crippen molar-refractivity contribution in [2.24, 2.45) is 0 Å². The molecule has 112 valence electrons. The van der Waals surface area contributed by atoms with Crippen LogP contribution in [0.1, 0.15) is 23.7 Å². The van der Waals surface area contributed by atoms with Crippen molar-refractivity contribution in [3.05, 3.63) is 35.9 Å². The number of rotatable bonds is 1. The Kier molecular flexibility index (Phi) is 5.27. The van der Waals surface area contributed by atoms with E-state index in [2.05, 4.69) is 5.32 Å². The standard InChI is InChI=1S/C15H19N3O2S/c1-12(19)17-8-5-9-18(11-10-17)15(21)16-14(20)13-6-3-2-4-7-13/h2-4,6-7H,5,8-11H2,1H3,(H,16,20,21). The first kappa shape index (κ1) is 15.4. The maximum Gasteiger partial charge on any atom is 0.257 e. The van der Waals surface area contributed by atoms with Gasteiger partial charge in [-0.1, -0.05) is 18.2 Å². The smallest absolute Gasteiger partial charge is 0.257 e. The van der Waals surface area contributed by atoms with Gasteiger partial charge < -0.3 is 9.80 Å². The minimum absolute atomic E-state index is 0.0797. The molecule has 0 spiro atoms. The first-order valence-corrected chi connectivity index (χ1v) is 7.39. The number of carbonyl (C=O) groups is 2. The molecule has 1 fully saturated rings. The van der Waals surface area contributed by atoms with Crippen LogP contribution in [-0.4, -0.2) is 52.9 Å². The molecule has 1 aromatic rings. The van der Waals surface area contributed by atoms with Crippen LogP contribution in [0.4, 0.5) is 0 Å². The largest absolute Gasteiger partial charge is 0.347 e. The van der Waals surface area contributed by atoms with Crippen LogP contribution in [0.5, 0.6) is 0 Å². The van der Waals surface area contributed by atoms with E-state index in [1.54, 1.807) is 19.1 Å². The zero-order valence-electron chi connectivity index (χ0n) is 12.0. The lowest BCUT2D eigenvalue weighted by Crippen LogP contribution is -2.44. The molecular weight excluding hydrogens is 286 g/mol. The summed E-state index contributed by atoms with van der Waals surface area (Å²) in [6.45, 7) is 4.34. The fourth-order valence-corrected chi connectivity index (χ4v) is 2.55. The van der Waals surface area contributed by atoms with Crippen LogP contribution in [-0.2, 0) is 4.79 Å². The summed E-state index contributed by atoms with van der Waals surface area (Å²) in [5.74, 6) is -0.121. The van der Waals surface area contributed by atoms with Gasteiger partial charge in [0.25, 0.3) is 5.91 Å². The third kappa shape index (κ3) is 4.26. The Bertz CT molecular complexity index is 533. The summed E-state index contributed by atoms with van der Waals surface area (Å²) in [5.41, 5.74) is 0.583. The number of hydrogen-bond donors (Lipinski definition) is 1. The molecule has 0 radical (unpaired) electrons. The minimum atomic E-state index is -0.201. The summed E-state index contributed by atoms with van der Waals surface area (Å²) < 4.78 is 0. The zero-order chi connectivity index (χ0) is 15.2. The van der Waals surface area contributed by atoms with Crippen molar-refractivity contribution in [1.29, 1.82) is 0 Å². The molecule has 1 saturated heterocycles. The quantitative estimate of drug-likeness (QED) is 0.794. The highest BCUT2D eigenvalue weighted by Crippen LogP contribution is 2.05. The van der Waals surface area contributed by atoms with E-state index in [9.17, 15) is 9.59 Å². The van der Waals surface area contributed by atoms with Gasteiger partial charge in [-0.15, -0.1) is 0 Å². The van der Waals surface area contributed by atoms with Crippen LogP contribution in [0.15, 0.2) is 30.3 Å². The third-order valence-electron chi connectivity index (χ3n) is 3.48. The summed E-state index contributed by atoms with van der Waals surface area (Å²) in [4.78, 5) is 27.2. The number of amides is 2. The summed E-state index contributed by atoms with van der Waals surface area (Å²) in [7, 11) is 0. The molecule has 1 heterocycles. The molecule has 0 unspecified atom stereocenters. The molecule has 6 heteroatoms. The number of nitrogens with one attached hydrogen (secondary N) is 1. The number of benzene rings is 1. The molecular formula is C15H19N3O2S. The average Bonchev–Trinajstić information content (AvgIpc) is 2.74. The maximum atomic E-state index is 12.1. The molecule has 0 bridgehead atoms. The van der Waals surface area contributed by atoms with Gasteiger partial charge in [-0.05, 0) is 30.8 Å². The van der Waals surface area contributed by atoms with Crippen LogP contribution < -0.4 is 5.32 Å². The second-order valence-electron chi connectivity index (χ2n) is 4.97. The van der Waals surface area contributed by atoms with E-state index in [0.717, 1.165) is 19.5 Å². The van der Waals surface area contributed by atoms with Crippen molar-refractivity contribution >= 4 is 29.1 Å². The lowest BCUT2D eigenvalue weighted by atomic mass is 10.2. The SMILES string of the molecule is CC(=O)N1CCCN(C(=S)NC(=O)c2ccccc2)CC1. The summed E-state index contributed by atoms with van der Waals surface area (Å²) in [6, 6.07) is 8.99. The Hall–Kier alpha value is -1.95. The Morgan fingerprint density at radius 2 is 1.67 bits per heavy atom. The van der Waals surface area contributed by atoms with E-state index in [-0.39, 0.29) is 11.8 Å². The summed E-state index contributed by atoms with van der Waals surface area (Å²) in [6.07, 6.45) is 0.848. The van der Waals surface area contributed by atoms with Gasteiger partial charge in [-0.3, -0.25) is 14.9 Å². The molecule has 2 amide bonds. The van der Waals surface area contributed by atoms with Crippen LogP contribution in [0.3, 0.4) is 0 Å². The first-order chi connectivity index (χ1) is 10.1. The molecule has 0 saturated carbocycles. The van der Waals surface area contributed by atoms with Gasteiger partial charge in [-0.2, -0.15) is 0 Å². The highest BCUT2D eigenvalue weighted by Gasteiger charge is 2.19. The first-order valence-electron chi connectivity index (χ1n) is 6.99. The maximum absolute atomic E-state index is 12.1. The van der Waals surface area contributed by atoms with Crippen molar-refractivity contribution in [3.63, 3.8) is 0 Å². The van der Waals surface area contributed by atoms with Crippen molar-refractivity contribution in [2.75, 3.05) is 26.2 Å². The van der Waals surface area contributed by atoms with E-state index in [1.807, 2.05) is 28.0 Å². The van der Waals surface area contributed by atoms with Crippen molar-refractivity contribution in [3.8, 4) is 0 Å². The molecule has 1 N–H and O–H groups in total. The van der Waals surface area contributed by atoms with Crippen LogP contribution in [0.25, 0.3) is 0 Å². The molecule has 0 aliphatic carbocycles. The van der Waals surface area contributed by atoms with Gasteiger partial charge in [-0.25, -0.2) is 0 Å². The van der Waals surface area contributed by atoms with E-state index >= 15 is 0 Å². The van der Waals surface area contributed by atoms with Crippen LogP contribution >= 0.6 is 12.2 Å². The van der Waals surface area contributed by atoms with Crippen molar-refractivity contribution in [1.82, 2.24) is 15.1 Å². The van der Waals surface area contributed by atoms with E-state index in [0.29, 0.717) is 23.8 Å². The second-order valence-corrected chi connectivity index (χ2v) is 5.36. The lowest BCUT2D eigenvalue weighted by molar-refractivity contribution is -0.128. The van der Waals surface area contributed by atoms with Crippen LogP contribution in [0, 0.1) is 0 Å². The molecule has 0 atom stereocenters. The fourth-order valence-electron chi connectivity index (χ4n) is 2.27. The monoisotopic (exact) mass is 305 g/mol. The number of thiocarbonyl (C=S) groups is 1. The Balaban J connectivity index is 1.91. The lowest BCUT2D eigenvalue weighted by Gasteiger charge is -2.23. The average molecular weight is 305 g/mol. The molecule has 1 aliphatic heterocycles. The molecule has 21 heavy (non-hydrogen) atoms. The predicted octanol–water partition coefficient (Wildman–Crippen LogP) is 1.26. The zero-order valence-corrected chi connectivity index (χ0v) is 12.9. The molecule has 5 nitrogen and oxygen atoms in total. The van der Waals surface area contributed by atoms with Gasteiger partial charge in [0, 0.05) is 38.7 Å². The Labute approximate surface area is 129 Å². The molecule has 0 aromatic heterocycles. The van der Waals surface area contributed by atoms with E-state index in [4.69, 9.17) is 12.2 Å². The number of carbonyl (C=O) groups excluding carboxylic acids is 2. The molecule has 1 aromatic carbocycles. The van der Waals surface area contributed by atoms with Gasteiger partial charge in [0.05, 0.1) is 0 Å². The number of hydrogen-bond acceptors (Lipinski definition) is 3. The van der Waals surface area contributed by atoms with Crippen molar-refractivity contribution < 1.29 is 9.59 Å². The van der Waals surface area contributed by atoms with Gasteiger partial charge in [0.1, 0.15) is 0 Å². The summed E-state index contributed by atoms with van der Waals surface area (Å²) >= 11 is 5.31.